The zero-order valence-electron chi connectivity index (χ0n) is 11.7. The fourth-order valence-electron chi connectivity index (χ4n) is 1.73. The SMILES string of the molecule is CC[C@H](C)[C@H]([NH3+])c1nnc(SCc2cccc(F)c2)o1. The van der Waals surface area contributed by atoms with Gasteiger partial charge >= 0.3 is 0 Å². The van der Waals surface area contributed by atoms with Crippen molar-refractivity contribution in [1.29, 1.82) is 0 Å². The predicted molar refractivity (Wildman–Crippen MR) is 75.3 cm³/mol. The molecule has 4 nitrogen and oxygen atoms in total. The summed E-state index contributed by atoms with van der Waals surface area (Å²) in [5, 5.41) is 8.55. The molecule has 108 valence electrons. The zero-order valence-corrected chi connectivity index (χ0v) is 12.5. The van der Waals surface area contributed by atoms with E-state index in [9.17, 15) is 4.39 Å². The summed E-state index contributed by atoms with van der Waals surface area (Å²) in [5.41, 5.74) is 4.96. The Morgan fingerprint density at radius 1 is 1.40 bits per heavy atom. The Morgan fingerprint density at radius 3 is 2.90 bits per heavy atom. The first-order valence-corrected chi connectivity index (χ1v) is 7.62. The highest BCUT2D eigenvalue weighted by Crippen LogP contribution is 2.25. The van der Waals surface area contributed by atoms with E-state index in [1.165, 1.54) is 23.9 Å². The molecule has 20 heavy (non-hydrogen) atoms. The summed E-state index contributed by atoms with van der Waals surface area (Å²) >= 11 is 1.41. The molecule has 3 N–H and O–H groups in total. The third kappa shape index (κ3) is 3.80. The number of benzene rings is 1. The van der Waals surface area contributed by atoms with Gasteiger partial charge in [-0.05, 0) is 24.1 Å². The van der Waals surface area contributed by atoms with Crippen LogP contribution in [-0.4, -0.2) is 10.2 Å². The lowest BCUT2D eigenvalue weighted by atomic mass is 10.0. The second-order valence-electron chi connectivity index (χ2n) is 4.82. The quantitative estimate of drug-likeness (QED) is 0.832. The van der Waals surface area contributed by atoms with Crippen molar-refractivity contribution in [3.05, 3.63) is 41.5 Å². The second-order valence-corrected chi connectivity index (χ2v) is 5.74. The predicted octanol–water partition coefficient (Wildman–Crippen LogP) is 2.83. The molecule has 2 aromatic rings. The molecular formula is C14H19FN3OS+. The van der Waals surface area contributed by atoms with E-state index in [1.54, 1.807) is 6.07 Å². The monoisotopic (exact) mass is 296 g/mol. The summed E-state index contributed by atoms with van der Waals surface area (Å²) in [6.07, 6.45) is 1.02. The second kappa shape index (κ2) is 6.85. The van der Waals surface area contributed by atoms with Crippen LogP contribution in [0.25, 0.3) is 0 Å². The summed E-state index contributed by atoms with van der Waals surface area (Å²) in [7, 11) is 0. The van der Waals surface area contributed by atoms with E-state index < -0.39 is 0 Å². The number of hydrogen-bond donors (Lipinski definition) is 1. The molecule has 0 fully saturated rings. The first-order chi connectivity index (χ1) is 9.60. The molecule has 0 radical (unpaired) electrons. The number of halogens is 1. The summed E-state index contributed by atoms with van der Waals surface area (Å²) in [6.45, 7) is 4.22. The van der Waals surface area contributed by atoms with Crippen LogP contribution in [0.2, 0.25) is 0 Å². The lowest BCUT2D eigenvalue weighted by Gasteiger charge is -2.09. The van der Waals surface area contributed by atoms with Crippen LogP contribution < -0.4 is 5.73 Å². The minimum Gasteiger partial charge on any atom is -0.410 e. The first kappa shape index (κ1) is 15.0. The van der Waals surface area contributed by atoms with E-state index in [2.05, 4.69) is 29.8 Å². The maximum absolute atomic E-state index is 13.1. The Bertz CT molecular complexity index is 561. The molecule has 2 rings (SSSR count). The van der Waals surface area contributed by atoms with Crippen molar-refractivity contribution in [2.75, 3.05) is 0 Å². The van der Waals surface area contributed by atoms with Crippen LogP contribution in [-0.2, 0) is 5.75 Å². The van der Waals surface area contributed by atoms with Crippen LogP contribution >= 0.6 is 11.8 Å². The van der Waals surface area contributed by atoms with Crippen molar-refractivity contribution >= 4 is 11.8 Å². The van der Waals surface area contributed by atoms with E-state index >= 15 is 0 Å². The molecule has 1 heterocycles. The number of nitrogens with zero attached hydrogens (tertiary/aromatic N) is 2. The molecule has 1 aromatic carbocycles. The molecule has 0 amide bonds. The van der Waals surface area contributed by atoms with Crippen LogP contribution in [0.1, 0.15) is 37.8 Å². The van der Waals surface area contributed by atoms with Crippen molar-refractivity contribution in [2.45, 2.75) is 37.3 Å². The number of thioether (sulfide) groups is 1. The highest BCUT2D eigenvalue weighted by molar-refractivity contribution is 7.98. The molecule has 0 aliphatic carbocycles. The van der Waals surface area contributed by atoms with E-state index in [0.717, 1.165) is 12.0 Å². The molecule has 6 heteroatoms. The number of rotatable bonds is 6. The van der Waals surface area contributed by atoms with Crippen molar-refractivity contribution in [2.24, 2.45) is 5.92 Å². The number of hydrogen-bond acceptors (Lipinski definition) is 4. The third-order valence-electron chi connectivity index (χ3n) is 3.32. The Morgan fingerprint density at radius 2 is 2.20 bits per heavy atom. The van der Waals surface area contributed by atoms with Gasteiger partial charge in [0.05, 0.1) is 0 Å². The summed E-state index contributed by atoms with van der Waals surface area (Å²) in [4.78, 5) is 0. The molecule has 0 aliphatic heterocycles. The molecule has 0 saturated carbocycles. The van der Waals surface area contributed by atoms with Gasteiger partial charge in [-0.1, -0.05) is 37.7 Å². The van der Waals surface area contributed by atoms with E-state index in [-0.39, 0.29) is 11.9 Å². The Labute approximate surface area is 122 Å². The first-order valence-electron chi connectivity index (χ1n) is 6.64. The largest absolute Gasteiger partial charge is 0.410 e. The minimum absolute atomic E-state index is 0.0102. The molecular weight excluding hydrogens is 277 g/mol. The highest BCUT2D eigenvalue weighted by atomic mass is 32.2. The van der Waals surface area contributed by atoms with E-state index in [0.29, 0.717) is 22.8 Å². The van der Waals surface area contributed by atoms with Crippen LogP contribution in [0.3, 0.4) is 0 Å². The van der Waals surface area contributed by atoms with E-state index in [1.807, 2.05) is 6.07 Å². The standard InChI is InChI=1S/C14H18FN3OS/c1-3-9(2)12(16)13-17-18-14(19-13)20-8-10-5-4-6-11(15)7-10/h4-7,9,12H,3,8,16H2,1-2H3/p+1/t9-,12-/m0/s1. The Balaban J connectivity index is 1.96. The maximum atomic E-state index is 13.1. The van der Waals surface area contributed by atoms with Crippen LogP contribution in [0.5, 0.6) is 0 Å². The van der Waals surface area contributed by atoms with Gasteiger partial charge in [-0.2, -0.15) is 0 Å². The van der Waals surface area contributed by atoms with Gasteiger partial charge in [-0.3, -0.25) is 0 Å². The maximum Gasteiger partial charge on any atom is 0.277 e. The zero-order chi connectivity index (χ0) is 14.5. The molecule has 0 aliphatic rings. The van der Waals surface area contributed by atoms with Gasteiger partial charge in [-0.15, -0.1) is 10.2 Å². The van der Waals surface area contributed by atoms with Crippen molar-refractivity contribution < 1.29 is 14.5 Å². The van der Waals surface area contributed by atoms with E-state index in [4.69, 9.17) is 4.42 Å². The van der Waals surface area contributed by atoms with Crippen molar-refractivity contribution in [3.63, 3.8) is 0 Å². The fraction of sp³-hybridized carbons (Fsp3) is 0.429. The van der Waals surface area contributed by atoms with Gasteiger partial charge < -0.3 is 10.2 Å². The smallest absolute Gasteiger partial charge is 0.277 e. The number of aromatic nitrogens is 2. The molecule has 0 spiro atoms. The van der Waals surface area contributed by atoms with Crippen LogP contribution in [0, 0.1) is 11.7 Å². The Kier molecular flexibility index (Phi) is 5.14. The van der Waals surface area contributed by atoms with Gasteiger partial charge in [0.15, 0.2) is 6.04 Å². The molecule has 0 bridgehead atoms. The van der Waals surface area contributed by atoms with Gasteiger partial charge in [0.1, 0.15) is 5.82 Å². The molecule has 2 atom stereocenters. The summed E-state index contributed by atoms with van der Waals surface area (Å²) in [6, 6.07) is 6.51. The van der Waals surface area contributed by atoms with Crippen molar-refractivity contribution in [3.8, 4) is 0 Å². The molecule has 1 aromatic heterocycles. The lowest BCUT2D eigenvalue weighted by Crippen LogP contribution is -2.56. The number of quaternary nitrogens is 1. The van der Waals surface area contributed by atoms with Crippen LogP contribution in [0.15, 0.2) is 33.9 Å². The van der Waals surface area contributed by atoms with Crippen LogP contribution in [0.4, 0.5) is 4.39 Å². The summed E-state index contributed by atoms with van der Waals surface area (Å²) < 4.78 is 18.7. The topological polar surface area (TPSA) is 66.6 Å². The normalized spacial score (nSPS) is 14.2. The Hall–Kier alpha value is -1.40. The highest BCUT2D eigenvalue weighted by Gasteiger charge is 2.23. The fourth-order valence-corrected chi connectivity index (χ4v) is 2.44. The van der Waals surface area contributed by atoms with Gasteiger partial charge in [0, 0.05) is 11.7 Å². The average molecular weight is 296 g/mol. The average Bonchev–Trinajstić information content (AvgIpc) is 2.92. The minimum atomic E-state index is -0.232. The van der Waals surface area contributed by atoms with Crippen molar-refractivity contribution in [1.82, 2.24) is 10.2 Å². The van der Waals surface area contributed by atoms with Gasteiger partial charge in [0.25, 0.3) is 11.1 Å². The third-order valence-corrected chi connectivity index (χ3v) is 4.21. The molecule has 0 unspecified atom stereocenters. The molecule has 0 saturated heterocycles. The lowest BCUT2D eigenvalue weighted by molar-refractivity contribution is -0.444. The van der Waals surface area contributed by atoms with Gasteiger partial charge in [0.2, 0.25) is 0 Å². The summed E-state index contributed by atoms with van der Waals surface area (Å²) in [5.74, 6) is 1.34. The van der Waals surface area contributed by atoms with Gasteiger partial charge in [-0.25, -0.2) is 4.39 Å².